The lowest BCUT2D eigenvalue weighted by Crippen LogP contribution is -2.20. The number of aromatic nitrogens is 5. The van der Waals surface area contributed by atoms with Crippen molar-refractivity contribution in [3.8, 4) is 22.8 Å². The minimum absolute atomic E-state index is 0.164. The topological polar surface area (TPSA) is 74.8 Å². The third-order valence-electron chi connectivity index (χ3n) is 5.50. The van der Waals surface area contributed by atoms with Crippen molar-refractivity contribution in [3.05, 3.63) is 101 Å². The van der Waals surface area contributed by atoms with Crippen LogP contribution in [0.3, 0.4) is 0 Å². The standard InChI is InChI=1S/C25H18F3N5O2/c1-35-22-10-12-29-21(30-22)15-32-13-11-16(14-23(32)34)24-19-4-2-3-5-20(19)33(31-24)18-8-6-17(7-9-18)25(26,27)28/h2-14H,15H2,1H3. The first-order valence-corrected chi connectivity index (χ1v) is 10.6. The van der Waals surface area contributed by atoms with E-state index in [2.05, 4.69) is 15.1 Å². The average Bonchev–Trinajstić information content (AvgIpc) is 3.25. The number of nitrogens with zero attached hydrogens (tertiary/aromatic N) is 5. The minimum Gasteiger partial charge on any atom is -0.481 e. The summed E-state index contributed by atoms with van der Waals surface area (Å²) in [5.41, 5.74) is 1.30. The largest absolute Gasteiger partial charge is 0.481 e. The highest BCUT2D eigenvalue weighted by Crippen LogP contribution is 2.32. The van der Waals surface area contributed by atoms with Gasteiger partial charge in [0.05, 0.1) is 30.4 Å². The monoisotopic (exact) mass is 477 g/mol. The summed E-state index contributed by atoms with van der Waals surface area (Å²) < 4.78 is 47.1. The molecule has 0 unspecified atom stereocenters. The van der Waals surface area contributed by atoms with Gasteiger partial charge < -0.3 is 9.30 Å². The molecule has 0 bridgehead atoms. The maximum absolute atomic E-state index is 13.0. The Bertz CT molecular complexity index is 1570. The number of ether oxygens (including phenoxy) is 1. The molecule has 5 rings (SSSR count). The Labute approximate surface area is 197 Å². The lowest BCUT2D eigenvalue weighted by atomic mass is 10.1. The van der Waals surface area contributed by atoms with Gasteiger partial charge in [-0.3, -0.25) is 4.79 Å². The number of para-hydroxylation sites is 1. The molecule has 0 radical (unpaired) electrons. The molecule has 5 aromatic rings. The summed E-state index contributed by atoms with van der Waals surface area (Å²) in [5.74, 6) is 0.830. The number of methoxy groups -OCH3 is 1. The van der Waals surface area contributed by atoms with Crippen molar-refractivity contribution in [3.63, 3.8) is 0 Å². The summed E-state index contributed by atoms with van der Waals surface area (Å²) in [5, 5.41) is 5.41. The Balaban J connectivity index is 1.53. The van der Waals surface area contributed by atoms with E-state index in [9.17, 15) is 18.0 Å². The van der Waals surface area contributed by atoms with Crippen LogP contribution in [-0.4, -0.2) is 31.4 Å². The molecule has 3 heterocycles. The predicted octanol–water partition coefficient (Wildman–Crippen LogP) is 4.72. The van der Waals surface area contributed by atoms with Gasteiger partial charge in [-0.15, -0.1) is 0 Å². The molecule has 0 saturated carbocycles. The Morgan fingerprint density at radius 3 is 2.49 bits per heavy atom. The van der Waals surface area contributed by atoms with Crippen molar-refractivity contribution in [1.29, 1.82) is 0 Å². The maximum Gasteiger partial charge on any atom is 0.416 e. The van der Waals surface area contributed by atoms with E-state index < -0.39 is 11.7 Å². The zero-order valence-corrected chi connectivity index (χ0v) is 18.4. The van der Waals surface area contributed by atoms with Crippen molar-refractivity contribution in [1.82, 2.24) is 24.3 Å². The number of hydrogen-bond acceptors (Lipinski definition) is 5. The summed E-state index contributed by atoms with van der Waals surface area (Å²) in [4.78, 5) is 21.2. The molecule has 0 saturated heterocycles. The number of hydrogen-bond donors (Lipinski definition) is 0. The van der Waals surface area contributed by atoms with Crippen LogP contribution in [0.25, 0.3) is 27.8 Å². The Hall–Kier alpha value is -4.47. The van der Waals surface area contributed by atoms with Gasteiger partial charge in [-0.25, -0.2) is 9.67 Å². The molecule has 176 valence electrons. The molecule has 2 aromatic carbocycles. The number of alkyl halides is 3. The highest BCUT2D eigenvalue weighted by atomic mass is 19.4. The van der Waals surface area contributed by atoms with Gasteiger partial charge in [-0.2, -0.15) is 23.3 Å². The molecule has 0 amide bonds. The van der Waals surface area contributed by atoms with E-state index in [4.69, 9.17) is 4.74 Å². The first-order chi connectivity index (χ1) is 16.8. The fraction of sp³-hybridized carbons (Fsp3) is 0.120. The van der Waals surface area contributed by atoms with Gasteiger partial charge in [0.1, 0.15) is 5.69 Å². The molecule has 0 atom stereocenters. The summed E-state index contributed by atoms with van der Waals surface area (Å²) >= 11 is 0. The van der Waals surface area contributed by atoms with Crippen LogP contribution < -0.4 is 10.3 Å². The normalized spacial score (nSPS) is 11.7. The van der Waals surface area contributed by atoms with Crippen molar-refractivity contribution in [2.45, 2.75) is 12.7 Å². The van der Waals surface area contributed by atoms with Crippen LogP contribution >= 0.6 is 0 Å². The van der Waals surface area contributed by atoms with Crippen molar-refractivity contribution >= 4 is 10.9 Å². The second kappa shape index (κ2) is 8.71. The fourth-order valence-corrected chi connectivity index (χ4v) is 3.78. The van der Waals surface area contributed by atoms with E-state index in [-0.39, 0.29) is 12.1 Å². The molecule has 7 nitrogen and oxygen atoms in total. The summed E-state index contributed by atoms with van der Waals surface area (Å²) in [7, 11) is 1.50. The van der Waals surface area contributed by atoms with Gasteiger partial charge in [-0.1, -0.05) is 18.2 Å². The van der Waals surface area contributed by atoms with Crippen molar-refractivity contribution < 1.29 is 17.9 Å². The Morgan fingerprint density at radius 1 is 1.00 bits per heavy atom. The quantitative estimate of drug-likeness (QED) is 0.366. The molecule has 0 spiro atoms. The van der Waals surface area contributed by atoms with E-state index in [1.54, 1.807) is 29.2 Å². The van der Waals surface area contributed by atoms with Crippen molar-refractivity contribution in [2.75, 3.05) is 7.11 Å². The van der Waals surface area contributed by atoms with Crippen LogP contribution in [0.2, 0.25) is 0 Å². The van der Waals surface area contributed by atoms with E-state index in [1.807, 2.05) is 24.3 Å². The minimum atomic E-state index is -4.42. The maximum atomic E-state index is 13.0. The fourth-order valence-electron chi connectivity index (χ4n) is 3.78. The van der Waals surface area contributed by atoms with Crippen LogP contribution in [0.4, 0.5) is 13.2 Å². The first kappa shape index (κ1) is 22.3. The molecular formula is C25H18F3N5O2. The molecule has 35 heavy (non-hydrogen) atoms. The first-order valence-electron chi connectivity index (χ1n) is 10.6. The van der Waals surface area contributed by atoms with Crippen molar-refractivity contribution in [2.24, 2.45) is 0 Å². The molecule has 3 aromatic heterocycles. The molecule has 0 N–H and O–H groups in total. The number of fused-ring (bicyclic) bond motifs is 1. The van der Waals surface area contributed by atoms with Gasteiger partial charge in [-0.05, 0) is 36.4 Å². The van der Waals surface area contributed by atoms with E-state index >= 15 is 0 Å². The molecular weight excluding hydrogens is 459 g/mol. The zero-order chi connectivity index (χ0) is 24.6. The number of halogens is 3. The summed E-state index contributed by atoms with van der Waals surface area (Å²) in [6, 6.07) is 17.0. The second-order valence-electron chi connectivity index (χ2n) is 7.72. The van der Waals surface area contributed by atoms with E-state index in [0.717, 1.165) is 17.5 Å². The van der Waals surface area contributed by atoms with Gasteiger partial charge in [0, 0.05) is 35.5 Å². The second-order valence-corrected chi connectivity index (χ2v) is 7.72. The number of rotatable bonds is 5. The number of benzene rings is 2. The van der Waals surface area contributed by atoms with Crippen LogP contribution in [-0.2, 0) is 12.7 Å². The van der Waals surface area contributed by atoms with Gasteiger partial charge in [0.15, 0.2) is 5.82 Å². The lowest BCUT2D eigenvalue weighted by molar-refractivity contribution is -0.137. The number of pyridine rings is 1. The summed E-state index contributed by atoms with van der Waals surface area (Å²) in [6.45, 7) is 0.164. The molecule has 0 aliphatic heterocycles. The van der Waals surface area contributed by atoms with Crippen LogP contribution in [0, 0.1) is 0 Å². The van der Waals surface area contributed by atoms with E-state index in [0.29, 0.717) is 34.2 Å². The van der Waals surface area contributed by atoms with Gasteiger partial charge in [0.2, 0.25) is 5.88 Å². The predicted molar refractivity (Wildman–Crippen MR) is 123 cm³/mol. The SMILES string of the molecule is COc1ccnc(Cn2ccc(-c3nn(-c4ccc(C(F)(F)F)cc4)c4ccccc34)cc2=O)n1. The van der Waals surface area contributed by atoms with Crippen LogP contribution in [0.5, 0.6) is 5.88 Å². The molecule has 0 fully saturated rings. The van der Waals surface area contributed by atoms with Crippen LogP contribution in [0.1, 0.15) is 11.4 Å². The van der Waals surface area contributed by atoms with Crippen LogP contribution in [0.15, 0.2) is 83.9 Å². The average molecular weight is 477 g/mol. The molecule has 0 aliphatic rings. The highest BCUT2D eigenvalue weighted by Gasteiger charge is 2.30. The Kier molecular flexibility index (Phi) is 5.56. The third-order valence-corrected chi connectivity index (χ3v) is 5.50. The third kappa shape index (κ3) is 4.37. The summed E-state index contributed by atoms with van der Waals surface area (Å²) in [6.07, 6.45) is -1.23. The van der Waals surface area contributed by atoms with Gasteiger partial charge >= 0.3 is 6.18 Å². The zero-order valence-electron chi connectivity index (χ0n) is 18.4. The van der Waals surface area contributed by atoms with E-state index in [1.165, 1.54) is 29.9 Å². The lowest BCUT2D eigenvalue weighted by Gasteiger charge is -2.08. The smallest absolute Gasteiger partial charge is 0.416 e. The molecule has 10 heteroatoms. The Morgan fingerprint density at radius 2 is 1.77 bits per heavy atom. The molecule has 0 aliphatic carbocycles. The highest BCUT2D eigenvalue weighted by molar-refractivity contribution is 5.94. The van der Waals surface area contributed by atoms with Gasteiger partial charge in [0.25, 0.3) is 5.56 Å².